The Hall–Kier alpha value is -1.66. The highest BCUT2D eigenvalue weighted by Gasteiger charge is 2.36. The van der Waals surface area contributed by atoms with Crippen molar-refractivity contribution in [1.82, 2.24) is 19.5 Å². The van der Waals surface area contributed by atoms with Gasteiger partial charge in [0.1, 0.15) is 24.2 Å². The summed E-state index contributed by atoms with van der Waals surface area (Å²) in [5, 5.41) is 10.1. The number of phosphoric ester groups is 1. The third-order valence-electron chi connectivity index (χ3n) is 3.49. The topological polar surface area (TPSA) is 175 Å². The Labute approximate surface area is 135 Å². The van der Waals surface area contributed by atoms with Crippen molar-refractivity contribution in [3.63, 3.8) is 0 Å². The largest absolute Gasteiger partial charge is 0.471 e. The van der Waals surface area contributed by atoms with E-state index < -0.39 is 33.1 Å². The van der Waals surface area contributed by atoms with Gasteiger partial charge in [0.05, 0.1) is 19.0 Å². The first kappa shape index (κ1) is 17.2. The molecule has 1 saturated heterocycles. The summed E-state index contributed by atoms with van der Waals surface area (Å²) in [7, 11) is -4.59. The summed E-state index contributed by atoms with van der Waals surface area (Å²) in [5.74, 6) is 0.242. The monoisotopic (exact) mass is 361 g/mol. The minimum atomic E-state index is -4.59. The molecule has 0 amide bonds. The Bertz CT molecular complexity index is 764. The zero-order chi connectivity index (χ0) is 17.3. The van der Waals surface area contributed by atoms with Crippen LogP contribution in [0.15, 0.2) is 12.7 Å². The Morgan fingerprint density at radius 1 is 1.42 bits per heavy atom. The molecular weight excluding hydrogens is 345 g/mol. The maximum atomic E-state index is 10.5. The van der Waals surface area contributed by atoms with E-state index >= 15 is 0 Å². The van der Waals surface area contributed by atoms with Crippen molar-refractivity contribution in [2.24, 2.45) is 0 Å². The van der Waals surface area contributed by atoms with Crippen molar-refractivity contribution in [1.29, 1.82) is 0 Å². The number of rotatable bonds is 6. The summed E-state index contributed by atoms with van der Waals surface area (Å²) in [4.78, 5) is 29.2. The SMILES string of the molecule is Nc1ncnc2c1ncn2[C@H]1C[C@H](O)[C@@H](COCOP(=O)(O)O)O1. The van der Waals surface area contributed by atoms with E-state index in [9.17, 15) is 9.67 Å². The van der Waals surface area contributed by atoms with Gasteiger partial charge in [-0.25, -0.2) is 19.5 Å². The Balaban J connectivity index is 1.63. The van der Waals surface area contributed by atoms with Gasteiger partial charge in [0, 0.05) is 6.42 Å². The van der Waals surface area contributed by atoms with Crippen LogP contribution in [0, 0.1) is 0 Å². The lowest BCUT2D eigenvalue weighted by atomic mass is 10.2. The number of hydrogen-bond acceptors (Lipinski definition) is 9. The zero-order valence-electron chi connectivity index (χ0n) is 12.3. The summed E-state index contributed by atoms with van der Waals surface area (Å²) >= 11 is 0. The molecule has 12 nitrogen and oxygen atoms in total. The van der Waals surface area contributed by atoms with Crippen LogP contribution < -0.4 is 5.73 Å². The molecule has 24 heavy (non-hydrogen) atoms. The number of nitrogens with zero attached hydrogens (tertiary/aromatic N) is 4. The molecule has 0 unspecified atom stereocenters. The van der Waals surface area contributed by atoms with Crippen molar-refractivity contribution < 1.29 is 33.5 Å². The fraction of sp³-hybridized carbons (Fsp3) is 0.545. The third kappa shape index (κ3) is 3.70. The predicted molar refractivity (Wildman–Crippen MR) is 78.2 cm³/mol. The molecule has 0 aromatic carbocycles. The van der Waals surface area contributed by atoms with Crippen molar-refractivity contribution in [2.45, 2.75) is 24.9 Å². The number of aliphatic hydroxyl groups is 1. The first-order valence-electron chi connectivity index (χ1n) is 6.89. The van der Waals surface area contributed by atoms with Crippen molar-refractivity contribution in [2.75, 3.05) is 19.1 Å². The third-order valence-corrected chi connectivity index (χ3v) is 3.93. The molecule has 1 fully saturated rings. The zero-order valence-corrected chi connectivity index (χ0v) is 13.2. The van der Waals surface area contributed by atoms with Gasteiger partial charge in [-0.1, -0.05) is 0 Å². The number of imidazole rings is 1. The normalized spacial score (nSPS) is 24.7. The van der Waals surface area contributed by atoms with Crippen molar-refractivity contribution in [3.8, 4) is 0 Å². The van der Waals surface area contributed by atoms with E-state index in [1.807, 2.05) is 0 Å². The lowest BCUT2D eigenvalue weighted by Crippen LogP contribution is -2.26. The molecular formula is C11H16N5O7P. The maximum absolute atomic E-state index is 10.5. The standard InChI is InChI=1S/C11H16N5O7P/c12-10-9-11(14-3-13-10)16(4-15-9)8-1-6(17)7(23-8)2-21-5-22-24(18,19)20/h3-4,6-8,17H,1-2,5H2,(H2,12,13,14)(H2,18,19,20)/t6-,7+,8+/m0/s1. The molecule has 0 spiro atoms. The molecule has 0 aliphatic carbocycles. The number of nitrogen functional groups attached to an aromatic ring is 1. The van der Waals surface area contributed by atoms with Crippen molar-refractivity contribution >= 4 is 24.8 Å². The van der Waals surface area contributed by atoms with Gasteiger partial charge in [-0.3, -0.25) is 9.09 Å². The molecule has 2 aromatic rings. The number of nitrogens with two attached hydrogens (primary N) is 1. The van der Waals surface area contributed by atoms with Crippen LogP contribution in [0.25, 0.3) is 11.2 Å². The van der Waals surface area contributed by atoms with Crippen LogP contribution in [-0.4, -0.2) is 60.0 Å². The number of fused-ring (bicyclic) bond motifs is 1. The van der Waals surface area contributed by atoms with E-state index in [2.05, 4.69) is 19.5 Å². The minimum absolute atomic E-state index is 0.0958. The second-order valence-electron chi connectivity index (χ2n) is 5.12. The number of anilines is 1. The molecule has 3 rings (SSSR count). The second-order valence-corrected chi connectivity index (χ2v) is 6.36. The maximum Gasteiger partial charge on any atom is 0.471 e. The average molecular weight is 361 g/mol. The Morgan fingerprint density at radius 2 is 2.21 bits per heavy atom. The van der Waals surface area contributed by atoms with Gasteiger partial charge in [0.2, 0.25) is 0 Å². The summed E-state index contributed by atoms with van der Waals surface area (Å²) in [6.45, 7) is -0.708. The van der Waals surface area contributed by atoms with E-state index in [0.717, 1.165) is 0 Å². The average Bonchev–Trinajstić information content (AvgIpc) is 3.07. The molecule has 13 heteroatoms. The highest BCUT2D eigenvalue weighted by Crippen LogP contribution is 2.36. The van der Waals surface area contributed by atoms with Gasteiger partial charge in [-0.2, -0.15) is 0 Å². The Kier molecular flexibility index (Phi) is 4.78. The minimum Gasteiger partial charge on any atom is -0.390 e. The number of aromatic nitrogens is 4. The smallest absolute Gasteiger partial charge is 0.390 e. The number of hydrogen-bond donors (Lipinski definition) is 4. The molecule has 2 aromatic heterocycles. The lowest BCUT2D eigenvalue weighted by Gasteiger charge is -2.16. The molecule has 0 saturated carbocycles. The van der Waals surface area contributed by atoms with E-state index in [1.54, 1.807) is 4.57 Å². The quantitative estimate of drug-likeness (QED) is 0.286. The van der Waals surface area contributed by atoms with Gasteiger partial charge in [0.25, 0.3) is 0 Å². The summed E-state index contributed by atoms with van der Waals surface area (Å²) in [5.41, 5.74) is 6.64. The van der Waals surface area contributed by atoms with E-state index in [0.29, 0.717) is 11.2 Å². The number of aliphatic hydroxyl groups excluding tert-OH is 1. The molecule has 3 heterocycles. The fourth-order valence-corrected chi connectivity index (χ4v) is 2.60. The summed E-state index contributed by atoms with van der Waals surface area (Å²) < 4.78 is 27.0. The van der Waals surface area contributed by atoms with E-state index in [4.69, 9.17) is 25.0 Å². The van der Waals surface area contributed by atoms with Crippen LogP contribution >= 0.6 is 7.82 Å². The molecule has 132 valence electrons. The lowest BCUT2D eigenvalue weighted by molar-refractivity contribution is -0.0890. The van der Waals surface area contributed by atoms with Gasteiger partial charge in [-0.05, 0) is 0 Å². The highest BCUT2D eigenvalue weighted by atomic mass is 31.2. The highest BCUT2D eigenvalue weighted by molar-refractivity contribution is 7.46. The molecule has 3 atom stereocenters. The van der Waals surface area contributed by atoms with Crippen LogP contribution in [0.2, 0.25) is 0 Å². The fourth-order valence-electron chi connectivity index (χ4n) is 2.39. The van der Waals surface area contributed by atoms with E-state index in [1.165, 1.54) is 12.7 Å². The summed E-state index contributed by atoms with van der Waals surface area (Å²) in [6, 6.07) is 0. The van der Waals surface area contributed by atoms with Crippen LogP contribution in [0.1, 0.15) is 12.6 Å². The molecule has 1 aliphatic heterocycles. The van der Waals surface area contributed by atoms with Crippen LogP contribution in [-0.2, 0) is 18.6 Å². The van der Waals surface area contributed by atoms with Gasteiger partial charge in [0.15, 0.2) is 18.3 Å². The predicted octanol–water partition coefficient (Wildman–Crippen LogP) is -0.860. The van der Waals surface area contributed by atoms with Crippen LogP contribution in [0.5, 0.6) is 0 Å². The number of phosphoric acid groups is 1. The second kappa shape index (κ2) is 6.69. The first-order chi connectivity index (χ1) is 11.3. The summed E-state index contributed by atoms with van der Waals surface area (Å²) in [6.07, 6.45) is 1.02. The van der Waals surface area contributed by atoms with Crippen molar-refractivity contribution in [3.05, 3.63) is 12.7 Å². The van der Waals surface area contributed by atoms with Gasteiger partial charge in [-0.15, -0.1) is 0 Å². The van der Waals surface area contributed by atoms with Crippen LogP contribution in [0.4, 0.5) is 5.82 Å². The molecule has 0 radical (unpaired) electrons. The van der Waals surface area contributed by atoms with E-state index in [-0.39, 0.29) is 18.8 Å². The number of ether oxygens (including phenoxy) is 2. The van der Waals surface area contributed by atoms with Crippen LogP contribution in [0.3, 0.4) is 0 Å². The molecule has 0 bridgehead atoms. The molecule has 5 N–H and O–H groups in total. The first-order valence-corrected chi connectivity index (χ1v) is 8.42. The Morgan fingerprint density at radius 3 is 2.96 bits per heavy atom. The molecule has 1 aliphatic rings. The van der Waals surface area contributed by atoms with Gasteiger partial charge >= 0.3 is 7.82 Å². The van der Waals surface area contributed by atoms with Gasteiger partial charge < -0.3 is 30.1 Å².